The Morgan fingerprint density at radius 1 is 1.31 bits per heavy atom. The number of aromatic nitrogens is 4. The van der Waals surface area contributed by atoms with E-state index in [4.69, 9.17) is 0 Å². The minimum absolute atomic E-state index is 0.0203. The van der Waals surface area contributed by atoms with E-state index in [9.17, 15) is 22.8 Å². The van der Waals surface area contributed by atoms with Gasteiger partial charge in [-0.25, -0.2) is 14.2 Å². The standard InChI is InChI=1S/C21H24F4N8O2/c1-26-17-13-7-12(8-27-18(13)30-29-17)33-5-4-16(14(22)10-33)32(3)20(35)28-15-6-11(21(23,24)25)9-31(2)19(15)34/h6-9,14,16H,4-5,10H2,1-3H3,(H,28,35)(H2,26,27,29,30)/t14-,16-/m1/s1. The molecule has 2 amide bonds. The van der Waals surface area contributed by atoms with Gasteiger partial charge in [0.25, 0.3) is 5.56 Å². The number of hydrogen-bond acceptors (Lipinski definition) is 6. The van der Waals surface area contributed by atoms with Crippen LogP contribution in [0.5, 0.6) is 0 Å². The number of halogens is 4. The highest BCUT2D eigenvalue weighted by molar-refractivity contribution is 5.90. The first kappa shape index (κ1) is 24.3. The van der Waals surface area contributed by atoms with E-state index < -0.39 is 41.2 Å². The molecule has 4 rings (SSSR count). The number of hydrogen-bond donors (Lipinski definition) is 3. The SMILES string of the molecule is CNc1n[nH]c2ncc(N3CC[C@@H](N(C)C(=O)Nc4cc(C(F)(F)F)cn(C)c4=O)[C@H](F)C3)cc12. The van der Waals surface area contributed by atoms with E-state index in [2.05, 4.69) is 25.8 Å². The van der Waals surface area contributed by atoms with Crippen molar-refractivity contribution >= 4 is 34.3 Å². The fourth-order valence-corrected chi connectivity index (χ4v) is 4.13. The molecule has 2 atom stereocenters. The summed E-state index contributed by atoms with van der Waals surface area (Å²) >= 11 is 0. The van der Waals surface area contributed by atoms with Gasteiger partial charge in [0.1, 0.15) is 11.9 Å². The smallest absolute Gasteiger partial charge is 0.371 e. The molecule has 0 aromatic carbocycles. The van der Waals surface area contributed by atoms with Crippen molar-refractivity contribution in [2.75, 3.05) is 42.7 Å². The Labute approximate surface area is 196 Å². The van der Waals surface area contributed by atoms with E-state index in [0.717, 1.165) is 21.9 Å². The summed E-state index contributed by atoms with van der Waals surface area (Å²) in [6.45, 7) is 0.390. The van der Waals surface area contributed by atoms with Crippen molar-refractivity contribution in [1.82, 2.24) is 24.6 Å². The number of piperidine rings is 1. The van der Waals surface area contributed by atoms with E-state index in [1.165, 1.54) is 7.05 Å². The number of aromatic amines is 1. The minimum Gasteiger partial charge on any atom is -0.371 e. The molecule has 3 N–H and O–H groups in total. The number of aryl methyl sites for hydroxylation is 1. The lowest BCUT2D eigenvalue weighted by molar-refractivity contribution is -0.138. The molecule has 14 heteroatoms. The average molecular weight is 496 g/mol. The highest BCUT2D eigenvalue weighted by atomic mass is 19.4. The summed E-state index contributed by atoms with van der Waals surface area (Å²) < 4.78 is 55.2. The Morgan fingerprint density at radius 2 is 2.06 bits per heavy atom. The van der Waals surface area contributed by atoms with Crippen molar-refractivity contribution < 1.29 is 22.4 Å². The molecule has 1 saturated heterocycles. The lowest BCUT2D eigenvalue weighted by Gasteiger charge is -2.39. The summed E-state index contributed by atoms with van der Waals surface area (Å²) in [4.78, 5) is 32.1. The lowest BCUT2D eigenvalue weighted by atomic mass is 10.0. The molecule has 0 saturated carbocycles. The molecule has 3 aromatic rings. The minimum atomic E-state index is -4.70. The van der Waals surface area contributed by atoms with Crippen LogP contribution in [0.15, 0.2) is 29.3 Å². The molecule has 0 spiro atoms. The molecule has 1 fully saturated rings. The van der Waals surface area contributed by atoms with E-state index in [0.29, 0.717) is 36.0 Å². The highest BCUT2D eigenvalue weighted by Crippen LogP contribution is 2.30. The second-order valence-corrected chi connectivity index (χ2v) is 8.33. The van der Waals surface area contributed by atoms with Crippen molar-refractivity contribution in [2.45, 2.75) is 24.8 Å². The molecule has 0 aliphatic carbocycles. The Kier molecular flexibility index (Phi) is 6.30. The fourth-order valence-electron chi connectivity index (χ4n) is 4.13. The van der Waals surface area contributed by atoms with Gasteiger partial charge in [-0.3, -0.25) is 9.89 Å². The van der Waals surface area contributed by atoms with E-state index in [1.807, 2.05) is 6.07 Å². The van der Waals surface area contributed by atoms with E-state index in [-0.39, 0.29) is 13.0 Å². The first-order chi connectivity index (χ1) is 16.5. The topological polar surface area (TPSA) is 111 Å². The maximum absolute atomic E-state index is 15.2. The maximum atomic E-state index is 15.2. The zero-order chi connectivity index (χ0) is 25.5. The molecule has 0 radical (unpaired) electrons. The van der Waals surface area contributed by atoms with Gasteiger partial charge < -0.3 is 25.0 Å². The Morgan fingerprint density at radius 3 is 2.71 bits per heavy atom. The molecule has 3 aromatic heterocycles. The Hall–Kier alpha value is -3.84. The summed E-state index contributed by atoms with van der Waals surface area (Å²) in [6.07, 6.45) is -3.64. The summed E-state index contributed by atoms with van der Waals surface area (Å²) in [7, 11) is 4.22. The van der Waals surface area contributed by atoms with Crippen molar-refractivity contribution in [3.8, 4) is 0 Å². The third kappa shape index (κ3) is 4.72. The zero-order valence-corrected chi connectivity index (χ0v) is 19.1. The lowest BCUT2D eigenvalue weighted by Crippen LogP contribution is -2.54. The third-order valence-electron chi connectivity index (χ3n) is 6.08. The van der Waals surface area contributed by atoms with E-state index in [1.54, 1.807) is 18.1 Å². The Bertz CT molecular complexity index is 1300. The van der Waals surface area contributed by atoms with Gasteiger partial charge in [0.15, 0.2) is 11.5 Å². The number of urea groups is 1. The summed E-state index contributed by atoms with van der Waals surface area (Å²) in [6, 6.07) is 0.703. The normalized spacial score (nSPS) is 18.5. The summed E-state index contributed by atoms with van der Waals surface area (Å²) in [5, 5.41) is 12.8. The van der Waals surface area contributed by atoms with Gasteiger partial charge in [-0.15, -0.1) is 0 Å². The second-order valence-electron chi connectivity index (χ2n) is 8.33. The summed E-state index contributed by atoms with van der Waals surface area (Å²) in [5.74, 6) is 0.609. The molecule has 0 bridgehead atoms. The van der Waals surface area contributed by atoms with Crippen molar-refractivity contribution in [3.05, 3.63) is 40.4 Å². The number of nitrogens with one attached hydrogen (secondary N) is 3. The average Bonchev–Trinajstić information content (AvgIpc) is 3.23. The van der Waals surface area contributed by atoms with Crippen LogP contribution in [0.25, 0.3) is 11.0 Å². The number of amides is 2. The highest BCUT2D eigenvalue weighted by Gasteiger charge is 2.36. The molecule has 10 nitrogen and oxygen atoms in total. The maximum Gasteiger partial charge on any atom is 0.417 e. The van der Waals surface area contributed by atoms with Crippen molar-refractivity contribution in [3.63, 3.8) is 0 Å². The number of carbonyl (C=O) groups excluding carboxylic acids is 1. The number of anilines is 3. The summed E-state index contributed by atoms with van der Waals surface area (Å²) in [5.41, 5.74) is -1.15. The van der Waals surface area contributed by atoms with Crippen LogP contribution in [0.2, 0.25) is 0 Å². The zero-order valence-electron chi connectivity index (χ0n) is 19.1. The van der Waals surface area contributed by atoms with Crippen molar-refractivity contribution in [1.29, 1.82) is 0 Å². The predicted molar refractivity (Wildman–Crippen MR) is 122 cm³/mol. The van der Waals surface area contributed by atoms with Crippen LogP contribution < -0.4 is 21.1 Å². The fraction of sp³-hybridized carbons (Fsp3) is 0.429. The van der Waals surface area contributed by atoms with Crippen LogP contribution in [0.1, 0.15) is 12.0 Å². The number of pyridine rings is 2. The van der Waals surface area contributed by atoms with Crippen molar-refractivity contribution in [2.24, 2.45) is 7.05 Å². The molecule has 1 aliphatic heterocycles. The molecule has 35 heavy (non-hydrogen) atoms. The monoisotopic (exact) mass is 496 g/mol. The molecular weight excluding hydrogens is 472 g/mol. The third-order valence-corrected chi connectivity index (χ3v) is 6.08. The van der Waals surface area contributed by atoms with Gasteiger partial charge in [0, 0.05) is 33.9 Å². The van der Waals surface area contributed by atoms with Gasteiger partial charge in [-0.05, 0) is 18.6 Å². The Balaban J connectivity index is 1.46. The van der Waals surface area contributed by atoms with Crippen LogP contribution in [0.3, 0.4) is 0 Å². The van der Waals surface area contributed by atoms with Crippen LogP contribution in [0, 0.1) is 0 Å². The molecular formula is C21H24F4N8O2. The quantitative estimate of drug-likeness (QED) is 0.479. The number of carbonyl (C=O) groups is 1. The number of rotatable bonds is 4. The van der Waals surface area contributed by atoms with Gasteiger partial charge in [0.2, 0.25) is 0 Å². The van der Waals surface area contributed by atoms with Gasteiger partial charge in [0.05, 0.1) is 35.4 Å². The number of alkyl halides is 4. The molecule has 188 valence electrons. The molecule has 4 heterocycles. The predicted octanol–water partition coefficient (Wildman–Crippen LogP) is 2.80. The second kappa shape index (κ2) is 9.07. The number of nitrogens with zero attached hydrogens (tertiary/aromatic N) is 5. The molecule has 1 aliphatic rings. The largest absolute Gasteiger partial charge is 0.417 e. The first-order valence-corrected chi connectivity index (χ1v) is 10.7. The number of H-pyrrole nitrogens is 1. The van der Waals surface area contributed by atoms with Gasteiger partial charge in [-0.1, -0.05) is 0 Å². The first-order valence-electron chi connectivity index (χ1n) is 10.7. The van der Waals surface area contributed by atoms with Gasteiger partial charge >= 0.3 is 12.2 Å². The van der Waals surface area contributed by atoms with E-state index >= 15 is 4.39 Å². The van der Waals surface area contributed by atoms with Crippen LogP contribution in [-0.2, 0) is 13.2 Å². The van der Waals surface area contributed by atoms with Crippen LogP contribution in [0.4, 0.5) is 39.5 Å². The van der Waals surface area contributed by atoms with Crippen LogP contribution in [-0.4, -0.2) is 70.1 Å². The van der Waals surface area contributed by atoms with Gasteiger partial charge in [-0.2, -0.15) is 18.3 Å². The molecule has 0 unspecified atom stereocenters. The number of fused-ring (bicyclic) bond motifs is 1. The van der Waals surface area contributed by atoms with Crippen LogP contribution >= 0.6 is 0 Å².